The highest BCUT2D eigenvalue weighted by Gasteiger charge is 2.30. The molecule has 1 saturated heterocycles. The summed E-state index contributed by atoms with van der Waals surface area (Å²) in [6.07, 6.45) is 1.16. The van der Waals surface area contributed by atoms with Crippen LogP contribution in [0.3, 0.4) is 0 Å². The van der Waals surface area contributed by atoms with Gasteiger partial charge in [-0.2, -0.15) is 0 Å². The molecule has 3 amide bonds. The number of rotatable bonds is 3. The molecule has 1 heterocycles. The van der Waals surface area contributed by atoms with Crippen LogP contribution in [0.1, 0.15) is 18.4 Å². The number of nitrogens with zero attached hydrogens (tertiary/aromatic N) is 2. The fourth-order valence-electron chi connectivity index (χ4n) is 2.47. The molecule has 7 heteroatoms. The van der Waals surface area contributed by atoms with Crippen LogP contribution in [0.25, 0.3) is 0 Å². The van der Waals surface area contributed by atoms with Crippen LogP contribution in [-0.2, 0) is 11.3 Å². The molecule has 1 atom stereocenters. The van der Waals surface area contributed by atoms with Crippen molar-refractivity contribution in [1.82, 2.24) is 15.3 Å². The molecule has 2 rings (SSSR count). The standard InChI is InChI=1S/C15H22N4O3/c1-18(15(21)19-9-5-8-13(19)10-16)17-14(20)22-11-12-6-3-2-4-7-12/h2-4,6-7,13H,5,8-11,16H2,1H3,(H,17,20)/t13-/m0/s1. The zero-order chi connectivity index (χ0) is 15.9. The Labute approximate surface area is 130 Å². The molecular formula is C15H22N4O3. The fourth-order valence-corrected chi connectivity index (χ4v) is 2.47. The predicted octanol–water partition coefficient (Wildman–Crippen LogP) is 1.30. The molecule has 3 N–H and O–H groups in total. The summed E-state index contributed by atoms with van der Waals surface area (Å²) >= 11 is 0. The van der Waals surface area contributed by atoms with E-state index in [9.17, 15) is 9.59 Å². The zero-order valence-corrected chi connectivity index (χ0v) is 12.7. The first kappa shape index (κ1) is 16.1. The van der Waals surface area contributed by atoms with Crippen molar-refractivity contribution < 1.29 is 14.3 Å². The first-order chi connectivity index (χ1) is 10.6. The Balaban J connectivity index is 1.79. The molecule has 0 aliphatic carbocycles. The van der Waals surface area contributed by atoms with Crippen LogP contribution in [0, 0.1) is 0 Å². The third-order valence-corrected chi connectivity index (χ3v) is 3.65. The normalized spacial score (nSPS) is 17.2. The Morgan fingerprint density at radius 1 is 1.41 bits per heavy atom. The fraction of sp³-hybridized carbons (Fsp3) is 0.467. The van der Waals surface area contributed by atoms with Crippen molar-refractivity contribution in [1.29, 1.82) is 0 Å². The predicted molar refractivity (Wildman–Crippen MR) is 81.7 cm³/mol. The van der Waals surface area contributed by atoms with Gasteiger partial charge in [-0.1, -0.05) is 30.3 Å². The molecule has 0 unspecified atom stereocenters. The van der Waals surface area contributed by atoms with Gasteiger partial charge in [-0.25, -0.2) is 20.0 Å². The first-order valence-electron chi connectivity index (χ1n) is 7.33. The minimum absolute atomic E-state index is 0.0390. The van der Waals surface area contributed by atoms with Crippen molar-refractivity contribution in [2.45, 2.75) is 25.5 Å². The van der Waals surface area contributed by atoms with E-state index in [0.29, 0.717) is 13.1 Å². The van der Waals surface area contributed by atoms with Crippen molar-refractivity contribution >= 4 is 12.1 Å². The Hall–Kier alpha value is -2.28. The SMILES string of the molecule is CN(NC(=O)OCc1ccccc1)C(=O)N1CCC[C@H]1CN. The van der Waals surface area contributed by atoms with Gasteiger partial charge in [0, 0.05) is 26.2 Å². The van der Waals surface area contributed by atoms with Gasteiger partial charge in [0.1, 0.15) is 6.61 Å². The molecule has 7 nitrogen and oxygen atoms in total. The lowest BCUT2D eigenvalue weighted by molar-refractivity contribution is 0.102. The summed E-state index contributed by atoms with van der Waals surface area (Å²) in [6.45, 7) is 1.24. The Morgan fingerprint density at radius 2 is 2.14 bits per heavy atom. The van der Waals surface area contributed by atoms with E-state index in [1.807, 2.05) is 30.3 Å². The Bertz CT molecular complexity index is 509. The van der Waals surface area contributed by atoms with Crippen LogP contribution in [-0.4, -0.2) is 48.2 Å². The monoisotopic (exact) mass is 306 g/mol. The lowest BCUT2D eigenvalue weighted by Gasteiger charge is -2.28. The average Bonchev–Trinajstić information content (AvgIpc) is 3.01. The summed E-state index contributed by atoms with van der Waals surface area (Å²) < 4.78 is 5.08. The van der Waals surface area contributed by atoms with Crippen LogP contribution in [0.4, 0.5) is 9.59 Å². The van der Waals surface area contributed by atoms with Gasteiger partial charge >= 0.3 is 12.1 Å². The third kappa shape index (κ3) is 4.11. The molecule has 1 aromatic carbocycles. The lowest BCUT2D eigenvalue weighted by Crippen LogP contribution is -2.52. The summed E-state index contributed by atoms with van der Waals surface area (Å²) in [5.74, 6) is 0. The summed E-state index contributed by atoms with van der Waals surface area (Å²) in [4.78, 5) is 25.7. The van der Waals surface area contributed by atoms with E-state index < -0.39 is 6.09 Å². The number of nitrogens with two attached hydrogens (primary N) is 1. The molecule has 0 saturated carbocycles. The number of carbonyl (C=O) groups is 2. The van der Waals surface area contributed by atoms with Crippen LogP contribution in [0.15, 0.2) is 30.3 Å². The second kappa shape index (κ2) is 7.65. The number of urea groups is 1. The molecule has 0 spiro atoms. The van der Waals surface area contributed by atoms with Gasteiger partial charge in [-0.3, -0.25) is 0 Å². The number of hydrogen-bond acceptors (Lipinski definition) is 4. The minimum atomic E-state index is -0.664. The Kier molecular flexibility index (Phi) is 5.60. The van der Waals surface area contributed by atoms with Crippen molar-refractivity contribution in [3.05, 3.63) is 35.9 Å². The van der Waals surface area contributed by atoms with Crippen LogP contribution in [0.2, 0.25) is 0 Å². The molecule has 0 bridgehead atoms. The number of amides is 3. The molecule has 1 fully saturated rings. The van der Waals surface area contributed by atoms with Crippen LogP contribution in [0.5, 0.6) is 0 Å². The van der Waals surface area contributed by atoms with Gasteiger partial charge in [0.15, 0.2) is 0 Å². The average molecular weight is 306 g/mol. The number of likely N-dealkylation sites (tertiary alicyclic amines) is 1. The number of carbonyl (C=O) groups excluding carboxylic acids is 2. The first-order valence-corrected chi connectivity index (χ1v) is 7.33. The molecular weight excluding hydrogens is 284 g/mol. The summed E-state index contributed by atoms with van der Waals surface area (Å²) in [5, 5.41) is 1.14. The number of hydrogen-bond donors (Lipinski definition) is 2. The number of ether oxygens (including phenoxy) is 1. The van der Waals surface area contributed by atoms with Crippen molar-refractivity contribution in [2.24, 2.45) is 5.73 Å². The zero-order valence-electron chi connectivity index (χ0n) is 12.7. The van der Waals surface area contributed by atoms with Crippen molar-refractivity contribution in [3.8, 4) is 0 Å². The number of nitrogens with one attached hydrogen (secondary N) is 1. The third-order valence-electron chi connectivity index (χ3n) is 3.65. The Morgan fingerprint density at radius 3 is 2.82 bits per heavy atom. The molecule has 0 radical (unpaired) electrons. The highest BCUT2D eigenvalue weighted by atomic mass is 16.6. The molecule has 1 aliphatic rings. The molecule has 120 valence electrons. The topological polar surface area (TPSA) is 87.9 Å². The van der Waals surface area contributed by atoms with Gasteiger partial charge in [-0.05, 0) is 18.4 Å². The second-order valence-electron chi connectivity index (χ2n) is 5.24. The summed E-state index contributed by atoms with van der Waals surface area (Å²) in [7, 11) is 1.50. The molecule has 1 aromatic rings. The van der Waals surface area contributed by atoms with Crippen molar-refractivity contribution in [3.63, 3.8) is 0 Å². The van der Waals surface area contributed by atoms with Gasteiger partial charge in [-0.15, -0.1) is 0 Å². The highest BCUT2D eigenvalue weighted by molar-refractivity contribution is 5.78. The van der Waals surface area contributed by atoms with E-state index in [-0.39, 0.29) is 18.7 Å². The highest BCUT2D eigenvalue weighted by Crippen LogP contribution is 2.17. The largest absolute Gasteiger partial charge is 0.443 e. The quantitative estimate of drug-likeness (QED) is 0.824. The van der Waals surface area contributed by atoms with Gasteiger partial charge in [0.05, 0.1) is 0 Å². The summed E-state index contributed by atoms with van der Waals surface area (Å²) in [5.41, 5.74) is 8.95. The van der Waals surface area contributed by atoms with Crippen LogP contribution >= 0.6 is 0 Å². The maximum absolute atomic E-state index is 12.3. The smallest absolute Gasteiger partial charge is 0.426 e. The number of benzene rings is 1. The van der Waals surface area contributed by atoms with E-state index in [1.165, 1.54) is 7.05 Å². The minimum Gasteiger partial charge on any atom is -0.443 e. The summed E-state index contributed by atoms with van der Waals surface area (Å²) in [6, 6.07) is 9.11. The lowest BCUT2D eigenvalue weighted by atomic mass is 10.2. The van der Waals surface area contributed by atoms with Gasteiger partial charge in [0.2, 0.25) is 0 Å². The molecule has 1 aliphatic heterocycles. The van der Waals surface area contributed by atoms with Crippen LogP contribution < -0.4 is 11.2 Å². The molecule has 0 aromatic heterocycles. The van der Waals surface area contributed by atoms with E-state index >= 15 is 0 Å². The number of hydrazine groups is 1. The van der Waals surface area contributed by atoms with E-state index in [0.717, 1.165) is 23.4 Å². The van der Waals surface area contributed by atoms with Crippen molar-refractivity contribution in [2.75, 3.05) is 20.1 Å². The van der Waals surface area contributed by atoms with Gasteiger partial charge < -0.3 is 15.4 Å². The molecule has 22 heavy (non-hydrogen) atoms. The van der Waals surface area contributed by atoms with E-state index in [1.54, 1.807) is 4.90 Å². The van der Waals surface area contributed by atoms with E-state index in [4.69, 9.17) is 10.5 Å². The van der Waals surface area contributed by atoms with E-state index in [2.05, 4.69) is 5.43 Å². The second-order valence-corrected chi connectivity index (χ2v) is 5.24. The maximum Gasteiger partial charge on any atom is 0.426 e. The maximum atomic E-state index is 12.3. The van der Waals surface area contributed by atoms with Gasteiger partial charge in [0.25, 0.3) is 0 Å².